The third-order valence-electron chi connectivity index (χ3n) is 4.75. The van der Waals surface area contributed by atoms with Gasteiger partial charge in [-0.25, -0.2) is 4.98 Å². The van der Waals surface area contributed by atoms with Crippen molar-refractivity contribution < 1.29 is 4.42 Å². The summed E-state index contributed by atoms with van der Waals surface area (Å²) >= 11 is 0. The van der Waals surface area contributed by atoms with Crippen molar-refractivity contribution in [2.45, 2.75) is 58.3 Å². The molecule has 1 fully saturated rings. The minimum absolute atomic E-state index is 0.140. The number of hydrogen-bond donors (Lipinski definition) is 1. The van der Waals surface area contributed by atoms with E-state index < -0.39 is 0 Å². The number of likely N-dealkylation sites (tertiary alicyclic amines) is 1. The van der Waals surface area contributed by atoms with Crippen molar-refractivity contribution in [2.75, 3.05) is 6.54 Å². The highest BCUT2D eigenvalue weighted by Crippen LogP contribution is 2.31. The Morgan fingerprint density at radius 3 is 2.74 bits per heavy atom. The number of rotatable bonds is 5. The standard InChI is InChI=1S/C19H27N3O/c1-14-11-20-18(23-14)15(2)21-17-10-19(3,4)22(13-17)12-16-8-6-5-7-9-16/h5-9,11,15,17,21H,10,12-13H2,1-4H3. The number of nitrogens with zero attached hydrogens (tertiary/aromatic N) is 2. The lowest BCUT2D eigenvalue weighted by atomic mass is 9.99. The zero-order valence-corrected chi connectivity index (χ0v) is 14.5. The molecule has 4 heteroatoms. The van der Waals surface area contributed by atoms with Crippen molar-refractivity contribution in [3.8, 4) is 0 Å². The molecule has 0 radical (unpaired) electrons. The Kier molecular flexibility index (Phi) is 4.55. The summed E-state index contributed by atoms with van der Waals surface area (Å²) in [7, 11) is 0. The van der Waals surface area contributed by atoms with Crippen LogP contribution in [-0.4, -0.2) is 28.0 Å². The minimum atomic E-state index is 0.140. The average Bonchev–Trinajstić information content (AvgIpc) is 3.04. The molecule has 0 bridgehead atoms. The van der Waals surface area contributed by atoms with Crippen LogP contribution in [0.15, 0.2) is 40.9 Å². The molecule has 1 N–H and O–H groups in total. The molecule has 1 aromatic carbocycles. The van der Waals surface area contributed by atoms with Gasteiger partial charge in [-0.1, -0.05) is 30.3 Å². The average molecular weight is 313 g/mol. The van der Waals surface area contributed by atoms with E-state index >= 15 is 0 Å². The fourth-order valence-corrected chi connectivity index (χ4v) is 3.50. The topological polar surface area (TPSA) is 41.3 Å². The molecule has 2 atom stereocenters. The first kappa shape index (κ1) is 16.2. The van der Waals surface area contributed by atoms with Gasteiger partial charge in [0.2, 0.25) is 5.89 Å². The molecule has 0 saturated carbocycles. The van der Waals surface area contributed by atoms with E-state index in [0.29, 0.717) is 6.04 Å². The van der Waals surface area contributed by atoms with Crippen molar-refractivity contribution in [1.29, 1.82) is 0 Å². The normalized spacial score (nSPS) is 22.3. The number of aryl methyl sites for hydroxylation is 1. The molecule has 2 aromatic rings. The van der Waals surface area contributed by atoms with Crippen molar-refractivity contribution in [2.24, 2.45) is 0 Å². The minimum Gasteiger partial charge on any atom is -0.444 e. The zero-order chi connectivity index (χ0) is 16.4. The van der Waals surface area contributed by atoms with Gasteiger partial charge in [-0.05, 0) is 39.7 Å². The Labute approximate surface area is 138 Å². The van der Waals surface area contributed by atoms with E-state index in [4.69, 9.17) is 4.42 Å². The molecule has 23 heavy (non-hydrogen) atoms. The van der Waals surface area contributed by atoms with Gasteiger partial charge in [-0.3, -0.25) is 4.90 Å². The first-order valence-electron chi connectivity index (χ1n) is 8.41. The van der Waals surface area contributed by atoms with Crippen molar-refractivity contribution >= 4 is 0 Å². The summed E-state index contributed by atoms with van der Waals surface area (Å²) in [6, 6.07) is 11.3. The lowest BCUT2D eigenvalue weighted by Crippen LogP contribution is -2.37. The zero-order valence-electron chi connectivity index (χ0n) is 14.5. The first-order valence-corrected chi connectivity index (χ1v) is 8.41. The van der Waals surface area contributed by atoms with Gasteiger partial charge in [0.25, 0.3) is 0 Å². The van der Waals surface area contributed by atoms with E-state index in [1.54, 1.807) is 6.20 Å². The maximum atomic E-state index is 5.64. The Hall–Kier alpha value is -1.65. The SMILES string of the molecule is Cc1cnc(C(C)NC2CN(Cc3ccccc3)C(C)(C)C2)o1. The molecule has 2 heterocycles. The van der Waals surface area contributed by atoms with Gasteiger partial charge in [-0.15, -0.1) is 0 Å². The van der Waals surface area contributed by atoms with Crippen LogP contribution in [0, 0.1) is 6.92 Å². The van der Waals surface area contributed by atoms with Crippen molar-refractivity contribution in [3.63, 3.8) is 0 Å². The molecule has 0 aliphatic carbocycles. The quantitative estimate of drug-likeness (QED) is 0.914. The van der Waals surface area contributed by atoms with Gasteiger partial charge in [0.1, 0.15) is 5.76 Å². The Bertz CT molecular complexity index is 635. The van der Waals surface area contributed by atoms with E-state index in [0.717, 1.165) is 31.2 Å². The number of hydrogen-bond acceptors (Lipinski definition) is 4. The van der Waals surface area contributed by atoms with Gasteiger partial charge in [0.15, 0.2) is 0 Å². The molecule has 124 valence electrons. The van der Waals surface area contributed by atoms with E-state index in [1.807, 2.05) is 6.92 Å². The Morgan fingerprint density at radius 1 is 1.35 bits per heavy atom. The van der Waals surface area contributed by atoms with Gasteiger partial charge < -0.3 is 9.73 Å². The molecule has 4 nitrogen and oxygen atoms in total. The van der Waals surface area contributed by atoms with E-state index in [9.17, 15) is 0 Å². The molecule has 3 rings (SSSR count). The third-order valence-corrected chi connectivity index (χ3v) is 4.75. The van der Waals surface area contributed by atoms with Crippen molar-refractivity contribution in [1.82, 2.24) is 15.2 Å². The van der Waals surface area contributed by atoms with Crippen molar-refractivity contribution in [3.05, 3.63) is 53.7 Å². The maximum absolute atomic E-state index is 5.64. The molecule has 0 amide bonds. The molecule has 2 unspecified atom stereocenters. The predicted octanol–water partition coefficient (Wildman–Crippen LogP) is 3.69. The van der Waals surface area contributed by atoms with Crippen LogP contribution in [0.25, 0.3) is 0 Å². The summed E-state index contributed by atoms with van der Waals surface area (Å²) in [5, 5.41) is 3.68. The first-order chi connectivity index (χ1) is 10.9. The molecule has 1 aliphatic rings. The van der Waals surface area contributed by atoms with Crippen LogP contribution in [0.4, 0.5) is 0 Å². The van der Waals surface area contributed by atoms with E-state index in [-0.39, 0.29) is 11.6 Å². The molecule has 1 saturated heterocycles. The predicted molar refractivity (Wildman–Crippen MR) is 92.1 cm³/mol. The summed E-state index contributed by atoms with van der Waals surface area (Å²) in [6.07, 6.45) is 2.91. The van der Waals surface area contributed by atoms with E-state index in [1.165, 1.54) is 5.56 Å². The molecule has 1 aliphatic heterocycles. The number of aromatic nitrogens is 1. The number of oxazole rings is 1. The second-order valence-corrected chi connectivity index (χ2v) is 7.28. The molecule has 0 spiro atoms. The summed E-state index contributed by atoms with van der Waals surface area (Å²) in [5.41, 5.74) is 1.57. The van der Waals surface area contributed by atoms with Crippen LogP contribution in [0.3, 0.4) is 0 Å². The van der Waals surface area contributed by atoms with E-state index in [2.05, 4.69) is 66.3 Å². The van der Waals surface area contributed by atoms with Crippen LogP contribution in [0.1, 0.15) is 50.4 Å². The highest BCUT2D eigenvalue weighted by molar-refractivity contribution is 5.15. The maximum Gasteiger partial charge on any atom is 0.211 e. The smallest absolute Gasteiger partial charge is 0.211 e. The highest BCUT2D eigenvalue weighted by Gasteiger charge is 2.38. The molecule has 1 aromatic heterocycles. The number of nitrogens with one attached hydrogen (secondary N) is 1. The largest absolute Gasteiger partial charge is 0.444 e. The monoisotopic (exact) mass is 313 g/mol. The van der Waals surface area contributed by atoms with Gasteiger partial charge >= 0.3 is 0 Å². The Balaban J connectivity index is 1.62. The fourth-order valence-electron chi connectivity index (χ4n) is 3.50. The molecular formula is C19H27N3O. The van der Waals surface area contributed by atoms with Crippen LogP contribution < -0.4 is 5.32 Å². The van der Waals surface area contributed by atoms with Crippen LogP contribution in [0.5, 0.6) is 0 Å². The Morgan fingerprint density at radius 2 is 2.09 bits per heavy atom. The summed E-state index contributed by atoms with van der Waals surface area (Å²) < 4.78 is 5.64. The lowest BCUT2D eigenvalue weighted by Gasteiger charge is -2.31. The van der Waals surface area contributed by atoms with Gasteiger partial charge in [0, 0.05) is 24.7 Å². The molecular weight excluding hydrogens is 286 g/mol. The fraction of sp³-hybridized carbons (Fsp3) is 0.526. The summed E-state index contributed by atoms with van der Waals surface area (Å²) in [5.74, 6) is 1.65. The third kappa shape index (κ3) is 3.82. The van der Waals surface area contributed by atoms with Gasteiger partial charge in [0.05, 0.1) is 12.2 Å². The van der Waals surface area contributed by atoms with Crippen LogP contribution in [0.2, 0.25) is 0 Å². The highest BCUT2D eigenvalue weighted by atomic mass is 16.4. The number of benzene rings is 1. The summed E-state index contributed by atoms with van der Waals surface area (Å²) in [4.78, 5) is 6.90. The van der Waals surface area contributed by atoms with Crippen LogP contribution >= 0.6 is 0 Å². The van der Waals surface area contributed by atoms with Crippen LogP contribution in [-0.2, 0) is 6.54 Å². The summed E-state index contributed by atoms with van der Waals surface area (Å²) in [6.45, 7) is 10.8. The second-order valence-electron chi connectivity index (χ2n) is 7.28. The van der Waals surface area contributed by atoms with Gasteiger partial charge in [-0.2, -0.15) is 0 Å². The lowest BCUT2D eigenvalue weighted by molar-refractivity contribution is 0.166. The second kappa shape index (κ2) is 6.46.